The second-order valence-corrected chi connectivity index (χ2v) is 4.45. The summed E-state index contributed by atoms with van der Waals surface area (Å²) in [5, 5.41) is 2.86. The molecule has 0 heterocycles. The van der Waals surface area contributed by atoms with Crippen molar-refractivity contribution in [2.24, 2.45) is 0 Å². The summed E-state index contributed by atoms with van der Waals surface area (Å²) in [5.74, 6) is -0.0507. The van der Waals surface area contributed by atoms with Crippen LogP contribution in [0.5, 0.6) is 0 Å². The van der Waals surface area contributed by atoms with Crippen LogP contribution in [0.2, 0.25) is 0 Å². The summed E-state index contributed by atoms with van der Waals surface area (Å²) in [6.45, 7) is 4.85. The Labute approximate surface area is 109 Å². The lowest BCUT2D eigenvalue weighted by Gasteiger charge is -2.02. The molecule has 0 fully saturated rings. The molecule has 0 unspecified atom stereocenters. The molecular weight excluding hydrogens is 224 g/mol. The highest BCUT2D eigenvalue weighted by molar-refractivity contribution is 5.91. The molecule has 0 aromatic heterocycles. The topological polar surface area (TPSA) is 55.1 Å². The predicted molar refractivity (Wildman–Crippen MR) is 77.2 cm³/mol. The third kappa shape index (κ3) is 5.04. The number of benzene rings is 1. The smallest absolute Gasteiger partial charge is 0.243 e. The van der Waals surface area contributed by atoms with Crippen LogP contribution >= 0.6 is 0 Å². The number of rotatable bonds is 6. The van der Waals surface area contributed by atoms with Gasteiger partial charge in [-0.25, -0.2) is 0 Å². The van der Waals surface area contributed by atoms with Gasteiger partial charge in [0.25, 0.3) is 0 Å². The van der Waals surface area contributed by atoms with Gasteiger partial charge in [-0.05, 0) is 36.6 Å². The third-order valence-electron chi connectivity index (χ3n) is 2.81. The minimum atomic E-state index is -0.0507. The van der Waals surface area contributed by atoms with Gasteiger partial charge in [0.05, 0.1) is 0 Å². The molecule has 3 N–H and O–H groups in total. The highest BCUT2D eigenvalue weighted by atomic mass is 16.1. The second-order valence-electron chi connectivity index (χ2n) is 4.45. The normalized spacial score (nSPS) is 10.8. The van der Waals surface area contributed by atoms with E-state index in [9.17, 15) is 4.79 Å². The number of aryl methyl sites for hydroxylation is 1. The van der Waals surface area contributed by atoms with Crippen molar-refractivity contribution in [3.05, 3.63) is 35.4 Å². The van der Waals surface area contributed by atoms with Crippen molar-refractivity contribution < 1.29 is 4.79 Å². The number of unbranched alkanes of at least 4 members (excludes halogenated alkanes) is 2. The third-order valence-corrected chi connectivity index (χ3v) is 2.81. The number of nitrogens with two attached hydrogens (primary N) is 1. The molecule has 1 amide bonds. The summed E-state index contributed by atoms with van der Waals surface area (Å²) in [4.78, 5) is 11.5. The van der Waals surface area contributed by atoms with E-state index in [0.29, 0.717) is 0 Å². The Bertz CT molecular complexity index is 425. The molecule has 0 atom stereocenters. The van der Waals surface area contributed by atoms with E-state index in [-0.39, 0.29) is 5.91 Å². The Morgan fingerprint density at radius 2 is 2.17 bits per heavy atom. The van der Waals surface area contributed by atoms with E-state index in [2.05, 4.69) is 12.2 Å². The highest BCUT2D eigenvalue weighted by Crippen LogP contribution is 2.13. The van der Waals surface area contributed by atoms with E-state index in [1.807, 2.05) is 25.1 Å². The first-order valence-electron chi connectivity index (χ1n) is 6.45. The van der Waals surface area contributed by atoms with E-state index in [1.54, 1.807) is 12.2 Å². The fourth-order valence-corrected chi connectivity index (χ4v) is 1.58. The summed E-state index contributed by atoms with van der Waals surface area (Å²) in [7, 11) is 0. The molecule has 1 aromatic carbocycles. The summed E-state index contributed by atoms with van der Waals surface area (Å²) in [5.41, 5.74) is 8.55. The van der Waals surface area contributed by atoms with Crippen molar-refractivity contribution in [2.75, 3.05) is 12.3 Å². The van der Waals surface area contributed by atoms with E-state index < -0.39 is 0 Å². The fourth-order valence-electron chi connectivity index (χ4n) is 1.58. The highest BCUT2D eigenvalue weighted by Gasteiger charge is 1.96. The van der Waals surface area contributed by atoms with Crippen LogP contribution in [0.1, 0.15) is 37.3 Å². The monoisotopic (exact) mass is 246 g/mol. The Hall–Kier alpha value is -1.77. The number of carbonyl (C=O) groups is 1. The maximum absolute atomic E-state index is 11.5. The Morgan fingerprint density at radius 1 is 1.39 bits per heavy atom. The van der Waals surface area contributed by atoms with Crippen LogP contribution in [-0.2, 0) is 4.79 Å². The second kappa shape index (κ2) is 7.54. The summed E-state index contributed by atoms with van der Waals surface area (Å²) in [6.07, 6.45) is 6.68. The molecular formula is C15H22N2O. The maximum Gasteiger partial charge on any atom is 0.243 e. The van der Waals surface area contributed by atoms with Crippen molar-refractivity contribution in [2.45, 2.75) is 33.1 Å². The van der Waals surface area contributed by atoms with Crippen molar-refractivity contribution in [1.82, 2.24) is 5.32 Å². The Balaban J connectivity index is 2.43. The Morgan fingerprint density at radius 3 is 2.83 bits per heavy atom. The zero-order valence-electron chi connectivity index (χ0n) is 11.2. The molecule has 18 heavy (non-hydrogen) atoms. The molecule has 1 rings (SSSR count). The lowest BCUT2D eigenvalue weighted by molar-refractivity contribution is -0.116. The summed E-state index contributed by atoms with van der Waals surface area (Å²) >= 11 is 0. The lowest BCUT2D eigenvalue weighted by Crippen LogP contribution is -2.21. The molecule has 0 aliphatic heterocycles. The molecule has 0 bridgehead atoms. The van der Waals surface area contributed by atoms with E-state index >= 15 is 0 Å². The van der Waals surface area contributed by atoms with Gasteiger partial charge >= 0.3 is 0 Å². The average Bonchev–Trinajstić information content (AvgIpc) is 2.36. The van der Waals surface area contributed by atoms with Gasteiger partial charge in [-0.1, -0.05) is 31.9 Å². The van der Waals surface area contributed by atoms with Gasteiger partial charge in [0, 0.05) is 18.3 Å². The van der Waals surface area contributed by atoms with Crippen LogP contribution in [0.25, 0.3) is 6.08 Å². The van der Waals surface area contributed by atoms with Crippen molar-refractivity contribution in [3.63, 3.8) is 0 Å². The van der Waals surface area contributed by atoms with Crippen LogP contribution in [0.4, 0.5) is 5.69 Å². The van der Waals surface area contributed by atoms with Crippen LogP contribution in [0.15, 0.2) is 24.3 Å². The zero-order valence-corrected chi connectivity index (χ0v) is 11.2. The minimum absolute atomic E-state index is 0.0507. The number of anilines is 1. The van der Waals surface area contributed by atoms with Gasteiger partial charge in [-0.15, -0.1) is 0 Å². The maximum atomic E-state index is 11.5. The van der Waals surface area contributed by atoms with Gasteiger partial charge in [-0.3, -0.25) is 4.79 Å². The first-order chi connectivity index (χ1) is 8.63. The van der Waals surface area contributed by atoms with Crippen molar-refractivity contribution in [1.29, 1.82) is 0 Å². The van der Waals surface area contributed by atoms with Crippen LogP contribution in [-0.4, -0.2) is 12.5 Å². The lowest BCUT2D eigenvalue weighted by atomic mass is 10.1. The van der Waals surface area contributed by atoms with Crippen molar-refractivity contribution in [3.8, 4) is 0 Å². The first-order valence-corrected chi connectivity index (χ1v) is 6.45. The Kier molecular flexibility index (Phi) is 5.98. The van der Waals surface area contributed by atoms with Crippen LogP contribution in [0.3, 0.4) is 0 Å². The number of nitrogen functional groups attached to an aromatic ring is 1. The molecule has 0 radical (unpaired) electrons. The van der Waals surface area contributed by atoms with E-state index in [0.717, 1.165) is 42.6 Å². The number of nitrogens with one attached hydrogen (secondary N) is 1. The zero-order chi connectivity index (χ0) is 13.4. The molecule has 0 spiro atoms. The molecule has 0 saturated heterocycles. The number of hydrogen-bond donors (Lipinski definition) is 2. The molecule has 3 nitrogen and oxygen atoms in total. The summed E-state index contributed by atoms with van der Waals surface area (Å²) < 4.78 is 0. The van der Waals surface area contributed by atoms with Crippen LogP contribution in [0, 0.1) is 6.92 Å². The minimum Gasteiger partial charge on any atom is -0.398 e. The fraction of sp³-hybridized carbons (Fsp3) is 0.400. The van der Waals surface area contributed by atoms with Gasteiger partial charge in [0.15, 0.2) is 0 Å². The molecule has 3 heteroatoms. The molecule has 0 saturated carbocycles. The number of carbonyl (C=O) groups excluding carboxylic acids is 1. The quantitative estimate of drug-likeness (QED) is 0.460. The number of hydrogen-bond acceptors (Lipinski definition) is 2. The largest absolute Gasteiger partial charge is 0.398 e. The van der Waals surface area contributed by atoms with Gasteiger partial charge in [-0.2, -0.15) is 0 Å². The average molecular weight is 246 g/mol. The van der Waals surface area contributed by atoms with E-state index in [1.165, 1.54) is 0 Å². The number of amides is 1. The molecule has 1 aromatic rings. The first kappa shape index (κ1) is 14.3. The molecule has 98 valence electrons. The molecule has 0 aliphatic rings. The van der Waals surface area contributed by atoms with Gasteiger partial charge in [0.1, 0.15) is 0 Å². The van der Waals surface area contributed by atoms with Gasteiger partial charge in [0.2, 0.25) is 5.91 Å². The van der Waals surface area contributed by atoms with Gasteiger partial charge < -0.3 is 11.1 Å². The van der Waals surface area contributed by atoms with Crippen LogP contribution < -0.4 is 11.1 Å². The van der Waals surface area contributed by atoms with Crippen molar-refractivity contribution >= 4 is 17.7 Å². The SMILES string of the molecule is CCCCCNC(=O)/C=C/c1ccc(C)c(N)c1. The van der Waals surface area contributed by atoms with E-state index in [4.69, 9.17) is 5.73 Å². The standard InChI is InChI=1S/C15H22N2O/c1-3-4-5-10-17-15(18)9-8-13-7-6-12(2)14(16)11-13/h6-9,11H,3-5,10,16H2,1-2H3,(H,17,18)/b9-8+. The molecule has 0 aliphatic carbocycles. The summed E-state index contributed by atoms with van der Waals surface area (Å²) in [6, 6.07) is 5.77. The predicted octanol–water partition coefficient (Wildman–Crippen LogP) is 2.90.